The summed E-state index contributed by atoms with van der Waals surface area (Å²) in [7, 11) is 0. The molecule has 0 N–H and O–H groups in total. The third kappa shape index (κ3) is 4.00. The number of aromatic nitrogens is 1. The smallest absolute Gasteiger partial charge is 0.362 e. The fourth-order valence-electron chi connectivity index (χ4n) is 2.31. The van der Waals surface area contributed by atoms with Crippen LogP contribution in [0.1, 0.15) is 19.0 Å². The molecule has 0 bridgehead atoms. The van der Waals surface area contributed by atoms with E-state index in [1.54, 1.807) is 24.3 Å². The molecule has 2 aromatic rings. The van der Waals surface area contributed by atoms with Crippen LogP contribution in [0.15, 0.2) is 30.3 Å². The summed E-state index contributed by atoms with van der Waals surface area (Å²) in [4.78, 5) is 5.70. The van der Waals surface area contributed by atoms with Gasteiger partial charge in [0.25, 0.3) is 0 Å². The predicted molar refractivity (Wildman–Crippen MR) is 79.9 cm³/mol. The molecule has 2 nitrogen and oxygen atoms in total. The number of halogens is 4. The molecule has 6 heteroatoms. The normalized spacial score (nSPS) is 11.9. The van der Waals surface area contributed by atoms with Crippen LogP contribution in [-0.2, 0) is 5.88 Å². The van der Waals surface area contributed by atoms with Crippen LogP contribution in [-0.4, -0.2) is 24.2 Å². The van der Waals surface area contributed by atoms with Gasteiger partial charge >= 0.3 is 6.18 Å². The average Bonchev–Trinajstić information content (AvgIpc) is 2.44. The predicted octanol–water partition coefficient (Wildman–Crippen LogP) is 4.75. The molecule has 0 unspecified atom stereocenters. The molecule has 21 heavy (non-hydrogen) atoms. The minimum absolute atomic E-state index is 0.170. The van der Waals surface area contributed by atoms with Gasteiger partial charge in [-0.05, 0) is 18.6 Å². The van der Waals surface area contributed by atoms with Crippen molar-refractivity contribution in [3.05, 3.63) is 36.0 Å². The molecule has 0 amide bonds. The zero-order valence-electron chi connectivity index (χ0n) is 11.6. The van der Waals surface area contributed by atoms with E-state index >= 15 is 0 Å². The maximum absolute atomic E-state index is 12.8. The summed E-state index contributed by atoms with van der Waals surface area (Å²) in [5.74, 6) is 0.170. The number of nitrogens with zero attached hydrogens (tertiary/aromatic N) is 2. The van der Waals surface area contributed by atoms with Crippen molar-refractivity contribution in [2.45, 2.75) is 25.4 Å². The molecule has 0 saturated carbocycles. The molecular formula is C15H16ClF3N2. The van der Waals surface area contributed by atoms with Gasteiger partial charge in [0.1, 0.15) is 6.54 Å². The van der Waals surface area contributed by atoms with Crippen LogP contribution in [0.2, 0.25) is 0 Å². The van der Waals surface area contributed by atoms with Crippen LogP contribution in [0.25, 0.3) is 10.9 Å². The van der Waals surface area contributed by atoms with E-state index in [0.717, 1.165) is 0 Å². The molecular weight excluding hydrogens is 301 g/mol. The highest BCUT2D eigenvalue weighted by atomic mass is 35.5. The lowest BCUT2D eigenvalue weighted by Gasteiger charge is -2.27. The Balaban J connectivity index is 2.54. The lowest BCUT2D eigenvalue weighted by Crippen LogP contribution is -2.35. The third-order valence-electron chi connectivity index (χ3n) is 3.09. The number of alkyl halides is 4. The fourth-order valence-corrected chi connectivity index (χ4v) is 2.45. The topological polar surface area (TPSA) is 16.1 Å². The lowest BCUT2D eigenvalue weighted by atomic mass is 10.1. The van der Waals surface area contributed by atoms with Crippen molar-refractivity contribution in [3.8, 4) is 0 Å². The monoisotopic (exact) mass is 316 g/mol. The molecule has 1 aromatic carbocycles. The van der Waals surface area contributed by atoms with E-state index in [1.165, 1.54) is 4.90 Å². The minimum atomic E-state index is -4.25. The molecule has 0 aliphatic rings. The van der Waals surface area contributed by atoms with E-state index in [9.17, 15) is 13.2 Å². The first-order chi connectivity index (χ1) is 9.94. The van der Waals surface area contributed by atoms with E-state index in [1.807, 2.05) is 13.0 Å². The van der Waals surface area contributed by atoms with Crippen LogP contribution < -0.4 is 4.90 Å². The first kappa shape index (κ1) is 15.9. The van der Waals surface area contributed by atoms with E-state index in [-0.39, 0.29) is 5.88 Å². The Morgan fingerprint density at radius 2 is 1.95 bits per heavy atom. The Labute approximate surface area is 126 Å². The highest BCUT2D eigenvalue weighted by Gasteiger charge is 2.31. The largest absolute Gasteiger partial charge is 0.405 e. The second-order valence-electron chi connectivity index (χ2n) is 4.82. The van der Waals surface area contributed by atoms with E-state index in [2.05, 4.69) is 4.98 Å². The summed E-state index contributed by atoms with van der Waals surface area (Å²) >= 11 is 5.81. The maximum Gasteiger partial charge on any atom is 0.405 e. The average molecular weight is 317 g/mol. The molecule has 0 fully saturated rings. The van der Waals surface area contributed by atoms with Crippen molar-refractivity contribution >= 4 is 28.2 Å². The molecule has 0 spiro atoms. The van der Waals surface area contributed by atoms with Crippen molar-refractivity contribution in [2.24, 2.45) is 0 Å². The summed E-state index contributed by atoms with van der Waals surface area (Å²) in [6.07, 6.45) is -3.62. The number of pyridine rings is 1. The van der Waals surface area contributed by atoms with Crippen LogP contribution >= 0.6 is 11.6 Å². The van der Waals surface area contributed by atoms with Gasteiger partial charge in [-0.2, -0.15) is 13.2 Å². The molecule has 0 aliphatic heterocycles. The van der Waals surface area contributed by atoms with Crippen molar-refractivity contribution in [3.63, 3.8) is 0 Å². The van der Waals surface area contributed by atoms with E-state index < -0.39 is 12.7 Å². The van der Waals surface area contributed by atoms with Crippen molar-refractivity contribution in [1.82, 2.24) is 4.98 Å². The van der Waals surface area contributed by atoms with Crippen LogP contribution in [0.4, 0.5) is 18.9 Å². The first-order valence-electron chi connectivity index (χ1n) is 6.71. The Hall–Kier alpha value is -1.49. The van der Waals surface area contributed by atoms with Gasteiger partial charge in [0.05, 0.1) is 17.1 Å². The van der Waals surface area contributed by atoms with Crippen molar-refractivity contribution in [2.75, 3.05) is 18.0 Å². The molecule has 0 saturated heterocycles. The van der Waals surface area contributed by atoms with E-state index in [0.29, 0.717) is 35.2 Å². The zero-order valence-corrected chi connectivity index (χ0v) is 12.4. The van der Waals surface area contributed by atoms with Gasteiger partial charge < -0.3 is 4.90 Å². The quantitative estimate of drug-likeness (QED) is 0.740. The molecule has 0 atom stereocenters. The third-order valence-corrected chi connectivity index (χ3v) is 3.36. The maximum atomic E-state index is 12.8. The summed E-state index contributed by atoms with van der Waals surface area (Å²) in [6, 6.07) is 8.83. The number of fused-ring (bicyclic) bond motifs is 1. The summed E-state index contributed by atoms with van der Waals surface area (Å²) in [5.41, 5.74) is 1.78. The van der Waals surface area contributed by atoms with Gasteiger partial charge in [0, 0.05) is 17.6 Å². The molecule has 1 aromatic heterocycles. The Morgan fingerprint density at radius 3 is 2.57 bits per heavy atom. The van der Waals surface area contributed by atoms with Gasteiger partial charge in [-0.15, -0.1) is 11.6 Å². The molecule has 114 valence electrons. The molecule has 0 aliphatic carbocycles. The number of anilines is 1. The Bertz CT molecular complexity index is 613. The molecule has 2 rings (SSSR count). The lowest BCUT2D eigenvalue weighted by molar-refractivity contribution is -0.119. The van der Waals surface area contributed by atoms with Crippen LogP contribution in [0.3, 0.4) is 0 Å². The number of rotatable bonds is 5. The van der Waals surface area contributed by atoms with Gasteiger partial charge in [0.15, 0.2) is 0 Å². The van der Waals surface area contributed by atoms with Gasteiger partial charge in [-0.3, -0.25) is 4.98 Å². The van der Waals surface area contributed by atoms with E-state index in [4.69, 9.17) is 11.6 Å². The zero-order chi connectivity index (χ0) is 15.5. The van der Waals surface area contributed by atoms with Crippen LogP contribution in [0.5, 0.6) is 0 Å². The van der Waals surface area contributed by atoms with Gasteiger partial charge in [-0.25, -0.2) is 0 Å². The van der Waals surface area contributed by atoms with Gasteiger partial charge in [0.2, 0.25) is 0 Å². The fraction of sp³-hybridized carbons (Fsp3) is 0.400. The first-order valence-corrected chi connectivity index (χ1v) is 7.24. The summed E-state index contributed by atoms with van der Waals surface area (Å²) in [5, 5.41) is 0.712. The van der Waals surface area contributed by atoms with Crippen LogP contribution in [0, 0.1) is 0 Å². The number of para-hydroxylation sites is 1. The highest BCUT2D eigenvalue weighted by molar-refractivity contribution is 6.17. The summed E-state index contributed by atoms with van der Waals surface area (Å²) in [6.45, 7) is 1.21. The second-order valence-corrected chi connectivity index (χ2v) is 5.09. The Morgan fingerprint density at radius 1 is 1.24 bits per heavy atom. The number of hydrogen-bond donors (Lipinski definition) is 0. The molecule has 0 radical (unpaired) electrons. The SMILES string of the molecule is CCCN(CC(F)(F)F)c1cc(CCl)nc2ccccc12. The standard InChI is InChI=1S/C15H16ClF3N2/c1-2-7-21(10-15(17,18)19)14-8-11(9-16)20-13-6-4-3-5-12(13)14/h3-6,8H,2,7,9-10H2,1H3. The minimum Gasteiger partial charge on any atom is -0.362 e. The Kier molecular flexibility index (Phi) is 4.93. The van der Waals surface area contributed by atoms with Crippen molar-refractivity contribution in [1.29, 1.82) is 0 Å². The highest BCUT2D eigenvalue weighted by Crippen LogP contribution is 2.30. The van der Waals surface area contributed by atoms with Crippen molar-refractivity contribution < 1.29 is 13.2 Å². The number of hydrogen-bond acceptors (Lipinski definition) is 2. The summed E-state index contributed by atoms with van der Waals surface area (Å²) < 4.78 is 38.4. The van der Waals surface area contributed by atoms with Gasteiger partial charge in [-0.1, -0.05) is 25.1 Å². The number of benzene rings is 1. The molecule has 1 heterocycles. The second kappa shape index (κ2) is 6.52.